The van der Waals surface area contributed by atoms with Crippen molar-refractivity contribution in [3.63, 3.8) is 0 Å². The van der Waals surface area contributed by atoms with Gasteiger partial charge in [-0.3, -0.25) is 0 Å². The minimum atomic E-state index is -0.367. The first kappa shape index (κ1) is 8.84. The lowest BCUT2D eigenvalue weighted by atomic mass is 10.1. The summed E-state index contributed by atoms with van der Waals surface area (Å²) < 4.78 is 11.8. The van der Waals surface area contributed by atoms with Crippen LogP contribution in [-0.4, -0.2) is 13.2 Å². The molecule has 2 nitrogen and oxygen atoms in total. The molecule has 0 fully saturated rings. The molecule has 1 aromatic carbocycles. The molecule has 0 atom stereocenters. The third kappa shape index (κ3) is 1.87. The second-order valence-corrected chi connectivity index (χ2v) is 2.64. The molecule has 0 amide bonds. The van der Waals surface area contributed by atoms with E-state index in [0.29, 0.717) is 6.54 Å². The van der Waals surface area contributed by atoms with Gasteiger partial charge in [0.25, 0.3) is 0 Å². The average Bonchev–Trinajstić information content (AvgIpc) is 2.08. The molecule has 0 aliphatic heterocycles. The summed E-state index contributed by atoms with van der Waals surface area (Å²) in [6.45, 7) is 1.88. The fourth-order valence-corrected chi connectivity index (χ4v) is 1.03. The Bertz CT molecular complexity index is 261. The van der Waals surface area contributed by atoms with Crippen molar-refractivity contribution >= 4 is 11.4 Å². The Labute approximate surface area is 71.6 Å². The van der Waals surface area contributed by atoms with E-state index in [2.05, 4.69) is 5.32 Å². The molecule has 0 bridgehead atoms. The van der Waals surface area contributed by atoms with Crippen LogP contribution >= 0.6 is 0 Å². The number of alkyl halides is 1. The molecule has 0 saturated heterocycles. The van der Waals surface area contributed by atoms with E-state index in [1.807, 2.05) is 25.1 Å². The molecule has 12 heavy (non-hydrogen) atoms. The highest BCUT2D eigenvalue weighted by molar-refractivity contribution is 5.62. The van der Waals surface area contributed by atoms with Crippen LogP contribution in [-0.2, 0) is 0 Å². The number of nitrogens with one attached hydrogen (secondary N) is 1. The first-order valence-electron chi connectivity index (χ1n) is 3.90. The van der Waals surface area contributed by atoms with Crippen molar-refractivity contribution in [1.29, 1.82) is 0 Å². The zero-order valence-electron chi connectivity index (χ0n) is 7.10. The van der Waals surface area contributed by atoms with Gasteiger partial charge in [-0.15, -0.1) is 0 Å². The van der Waals surface area contributed by atoms with Gasteiger partial charge in [0, 0.05) is 17.9 Å². The van der Waals surface area contributed by atoms with Gasteiger partial charge in [0.2, 0.25) is 0 Å². The lowest BCUT2D eigenvalue weighted by molar-refractivity contribution is 0.512. The molecule has 0 saturated carbocycles. The van der Waals surface area contributed by atoms with Crippen LogP contribution in [0.1, 0.15) is 5.56 Å². The van der Waals surface area contributed by atoms with Crippen LogP contribution in [0, 0.1) is 6.92 Å². The Kier molecular flexibility index (Phi) is 2.91. The maximum Gasteiger partial charge on any atom is 0.107 e. The molecule has 0 heterocycles. The van der Waals surface area contributed by atoms with Crippen molar-refractivity contribution in [3.8, 4) is 0 Å². The number of anilines is 2. The monoisotopic (exact) mass is 168 g/mol. The summed E-state index contributed by atoms with van der Waals surface area (Å²) in [7, 11) is 0. The van der Waals surface area contributed by atoms with E-state index in [-0.39, 0.29) is 6.67 Å². The first-order valence-corrected chi connectivity index (χ1v) is 3.90. The Hall–Kier alpha value is -1.25. The summed E-state index contributed by atoms with van der Waals surface area (Å²) >= 11 is 0. The van der Waals surface area contributed by atoms with Gasteiger partial charge in [0.15, 0.2) is 0 Å². The lowest BCUT2D eigenvalue weighted by Gasteiger charge is -2.08. The topological polar surface area (TPSA) is 38.0 Å². The van der Waals surface area contributed by atoms with Gasteiger partial charge in [-0.05, 0) is 24.6 Å². The van der Waals surface area contributed by atoms with Crippen molar-refractivity contribution in [2.75, 3.05) is 24.3 Å². The quantitative estimate of drug-likeness (QED) is 0.677. The van der Waals surface area contributed by atoms with Crippen LogP contribution in [0.4, 0.5) is 15.8 Å². The van der Waals surface area contributed by atoms with E-state index in [0.717, 1.165) is 16.9 Å². The zero-order valence-corrected chi connectivity index (χ0v) is 7.10. The van der Waals surface area contributed by atoms with Gasteiger partial charge in [-0.25, -0.2) is 4.39 Å². The third-order valence-electron chi connectivity index (χ3n) is 1.79. The van der Waals surface area contributed by atoms with E-state index in [9.17, 15) is 4.39 Å². The SMILES string of the molecule is Cc1c(N)cccc1NCCF. The third-order valence-corrected chi connectivity index (χ3v) is 1.79. The predicted molar refractivity (Wildman–Crippen MR) is 50.1 cm³/mol. The molecule has 66 valence electrons. The van der Waals surface area contributed by atoms with E-state index in [1.54, 1.807) is 0 Å². The van der Waals surface area contributed by atoms with Gasteiger partial charge in [0.05, 0.1) is 0 Å². The zero-order chi connectivity index (χ0) is 8.97. The van der Waals surface area contributed by atoms with Crippen molar-refractivity contribution in [2.24, 2.45) is 0 Å². The normalized spacial score (nSPS) is 9.83. The predicted octanol–water partition coefficient (Wildman–Crippen LogP) is 1.96. The molecule has 1 rings (SSSR count). The largest absolute Gasteiger partial charge is 0.398 e. The van der Waals surface area contributed by atoms with Gasteiger partial charge in [0.1, 0.15) is 6.67 Å². The highest BCUT2D eigenvalue weighted by Crippen LogP contribution is 2.19. The van der Waals surface area contributed by atoms with Crippen molar-refractivity contribution in [1.82, 2.24) is 0 Å². The summed E-state index contributed by atoms with van der Waals surface area (Å²) in [6.07, 6.45) is 0. The smallest absolute Gasteiger partial charge is 0.107 e. The highest BCUT2D eigenvalue weighted by atomic mass is 19.1. The second-order valence-electron chi connectivity index (χ2n) is 2.64. The summed E-state index contributed by atoms with van der Waals surface area (Å²) in [5.74, 6) is 0. The van der Waals surface area contributed by atoms with E-state index in [1.165, 1.54) is 0 Å². The van der Waals surface area contributed by atoms with Crippen LogP contribution in [0.3, 0.4) is 0 Å². The molecule has 3 heteroatoms. The molecule has 3 N–H and O–H groups in total. The minimum absolute atomic E-state index is 0.338. The van der Waals surface area contributed by atoms with Crippen molar-refractivity contribution < 1.29 is 4.39 Å². The van der Waals surface area contributed by atoms with E-state index >= 15 is 0 Å². The average molecular weight is 168 g/mol. The number of rotatable bonds is 3. The molecular formula is C9H13FN2. The summed E-state index contributed by atoms with van der Waals surface area (Å²) in [4.78, 5) is 0. The van der Waals surface area contributed by atoms with Gasteiger partial charge < -0.3 is 11.1 Å². The summed E-state index contributed by atoms with van der Waals surface area (Å²) in [5.41, 5.74) is 8.28. The lowest BCUT2D eigenvalue weighted by Crippen LogP contribution is -2.05. The van der Waals surface area contributed by atoms with Crippen LogP contribution in [0.5, 0.6) is 0 Å². The number of hydrogen-bond donors (Lipinski definition) is 2. The van der Waals surface area contributed by atoms with Crippen LogP contribution in [0.15, 0.2) is 18.2 Å². The first-order chi connectivity index (χ1) is 5.75. The summed E-state index contributed by atoms with van der Waals surface area (Å²) in [5, 5.41) is 2.95. The Morgan fingerprint density at radius 3 is 2.92 bits per heavy atom. The van der Waals surface area contributed by atoms with Gasteiger partial charge in [-0.2, -0.15) is 0 Å². The second kappa shape index (κ2) is 3.95. The Morgan fingerprint density at radius 1 is 1.50 bits per heavy atom. The molecule has 0 aromatic heterocycles. The molecule has 1 aromatic rings. The standard InChI is InChI=1S/C9H13FN2/c1-7-8(11)3-2-4-9(7)12-6-5-10/h2-4,12H,5-6,11H2,1H3. The van der Waals surface area contributed by atoms with Gasteiger partial charge in [-0.1, -0.05) is 6.07 Å². The molecule has 0 aliphatic carbocycles. The van der Waals surface area contributed by atoms with E-state index in [4.69, 9.17) is 5.73 Å². The maximum atomic E-state index is 11.8. The number of nitrogens with two attached hydrogens (primary N) is 1. The molecular weight excluding hydrogens is 155 g/mol. The molecule has 0 unspecified atom stereocenters. The number of halogens is 1. The Balaban J connectivity index is 2.78. The van der Waals surface area contributed by atoms with Crippen LogP contribution in [0.25, 0.3) is 0 Å². The fourth-order valence-electron chi connectivity index (χ4n) is 1.03. The fraction of sp³-hybridized carbons (Fsp3) is 0.333. The van der Waals surface area contributed by atoms with Crippen LogP contribution < -0.4 is 11.1 Å². The number of hydrogen-bond acceptors (Lipinski definition) is 2. The Morgan fingerprint density at radius 2 is 2.25 bits per heavy atom. The number of nitrogen functional groups attached to an aromatic ring is 1. The summed E-state index contributed by atoms with van der Waals surface area (Å²) in [6, 6.07) is 5.57. The molecule has 0 radical (unpaired) electrons. The molecule has 0 spiro atoms. The highest BCUT2D eigenvalue weighted by Gasteiger charge is 1.98. The molecule has 0 aliphatic rings. The number of benzene rings is 1. The van der Waals surface area contributed by atoms with Crippen molar-refractivity contribution in [2.45, 2.75) is 6.92 Å². The van der Waals surface area contributed by atoms with E-state index < -0.39 is 0 Å². The van der Waals surface area contributed by atoms with Crippen LogP contribution in [0.2, 0.25) is 0 Å². The van der Waals surface area contributed by atoms with Gasteiger partial charge >= 0.3 is 0 Å². The van der Waals surface area contributed by atoms with Crippen molar-refractivity contribution in [3.05, 3.63) is 23.8 Å². The minimum Gasteiger partial charge on any atom is -0.398 e. The maximum absolute atomic E-state index is 11.8.